The molecule has 1 unspecified atom stereocenters. The molecule has 9 nitrogen and oxygen atoms in total. The molecule has 3 aromatic rings. The zero-order chi connectivity index (χ0) is 26.4. The topological polar surface area (TPSA) is 130 Å². The third-order valence-corrected chi connectivity index (χ3v) is 6.21. The number of ether oxygens (including phenoxy) is 1. The van der Waals surface area contributed by atoms with Gasteiger partial charge in [0, 0.05) is 12.1 Å². The number of carboxylic acids is 1. The molecule has 1 heterocycles. The highest BCUT2D eigenvalue weighted by atomic mass is 16.5. The first-order valence-electron chi connectivity index (χ1n) is 11.8. The van der Waals surface area contributed by atoms with Crippen molar-refractivity contribution in [1.29, 1.82) is 0 Å². The van der Waals surface area contributed by atoms with Crippen LogP contribution >= 0.6 is 0 Å². The number of rotatable bonds is 10. The van der Waals surface area contributed by atoms with Gasteiger partial charge in [-0.05, 0) is 34.4 Å². The van der Waals surface area contributed by atoms with Gasteiger partial charge in [-0.25, -0.2) is 0 Å². The van der Waals surface area contributed by atoms with E-state index in [0.717, 1.165) is 21.9 Å². The molecule has 0 aromatic heterocycles. The summed E-state index contributed by atoms with van der Waals surface area (Å²) in [5.41, 5.74) is 2.14. The van der Waals surface area contributed by atoms with Crippen molar-refractivity contribution in [3.8, 4) is 0 Å². The SMILES string of the molecule is O=C(O)CC(NC(=O)CN1CCc2ccccc2C1=O)C(=O)COC(=O)Cc1cccc2ccccc12. The van der Waals surface area contributed by atoms with Gasteiger partial charge in [0.15, 0.2) is 12.4 Å². The summed E-state index contributed by atoms with van der Waals surface area (Å²) in [6.07, 6.45) is -0.162. The van der Waals surface area contributed by atoms with Gasteiger partial charge in [-0.15, -0.1) is 0 Å². The number of amides is 2. The molecule has 190 valence electrons. The van der Waals surface area contributed by atoms with Crippen LogP contribution in [0.3, 0.4) is 0 Å². The number of hydrogen-bond acceptors (Lipinski definition) is 6. The van der Waals surface area contributed by atoms with E-state index in [2.05, 4.69) is 5.32 Å². The van der Waals surface area contributed by atoms with Gasteiger partial charge in [0.05, 0.1) is 19.4 Å². The van der Waals surface area contributed by atoms with E-state index in [1.54, 1.807) is 18.2 Å². The van der Waals surface area contributed by atoms with Crippen molar-refractivity contribution in [1.82, 2.24) is 10.2 Å². The first kappa shape index (κ1) is 25.6. The van der Waals surface area contributed by atoms with Crippen molar-refractivity contribution in [2.75, 3.05) is 19.7 Å². The second kappa shape index (κ2) is 11.5. The van der Waals surface area contributed by atoms with Crippen LogP contribution in [0.1, 0.15) is 27.9 Å². The molecule has 0 spiro atoms. The highest BCUT2D eigenvalue weighted by molar-refractivity contribution is 6.00. The van der Waals surface area contributed by atoms with Crippen LogP contribution in [0.4, 0.5) is 0 Å². The van der Waals surface area contributed by atoms with Crippen LogP contribution < -0.4 is 5.32 Å². The lowest BCUT2D eigenvalue weighted by Crippen LogP contribution is -2.49. The minimum absolute atomic E-state index is 0.0663. The Hall–Kier alpha value is -4.53. The number of fused-ring (bicyclic) bond motifs is 2. The second-order valence-corrected chi connectivity index (χ2v) is 8.79. The minimum Gasteiger partial charge on any atom is -0.481 e. The Morgan fingerprint density at radius 2 is 1.70 bits per heavy atom. The summed E-state index contributed by atoms with van der Waals surface area (Å²) in [6.45, 7) is -0.679. The average Bonchev–Trinajstić information content (AvgIpc) is 2.88. The van der Waals surface area contributed by atoms with E-state index >= 15 is 0 Å². The molecule has 0 bridgehead atoms. The molecule has 2 amide bonds. The Bertz CT molecular complexity index is 1360. The van der Waals surface area contributed by atoms with Crippen molar-refractivity contribution in [3.05, 3.63) is 83.4 Å². The fourth-order valence-electron chi connectivity index (χ4n) is 4.36. The number of nitrogens with one attached hydrogen (secondary N) is 1. The van der Waals surface area contributed by atoms with Crippen LogP contribution in [0.5, 0.6) is 0 Å². The maximum Gasteiger partial charge on any atom is 0.310 e. The Kier molecular flexibility index (Phi) is 7.92. The van der Waals surface area contributed by atoms with Crippen molar-refractivity contribution in [3.63, 3.8) is 0 Å². The van der Waals surface area contributed by atoms with Gasteiger partial charge in [-0.3, -0.25) is 24.0 Å². The zero-order valence-electron chi connectivity index (χ0n) is 20.0. The summed E-state index contributed by atoms with van der Waals surface area (Å²) in [7, 11) is 0. The number of Topliss-reactive ketones (excluding diaryl/α,β-unsaturated/α-hetero) is 1. The monoisotopic (exact) mass is 502 g/mol. The van der Waals surface area contributed by atoms with Crippen LogP contribution in [0.15, 0.2) is 66.7 Å². The van der Waals surface area contributed by atoms with Gasteiger partial charge in [0.1, 0.15) is 6.04 Å². The number of ketones is 1. The normalized spacial score (nSPS) is 13.5. The van der Waals surface area contributed by atoms with Crippen LogP contribution in [0, 0.1) is 0 Å². The van der Waals surface area contributed by atoms with Gasteiger partial charge < -0.3 is 20.1 Å². The number of carboxylic acid groups (broad SMARTS) is 1. The first-order valence-corrected chi connectivity index (χ1v) is 11.8. The quantitative estimate of drug-likeness (QED) is 0.406. The predicted molar refractivity (Wildman–Crippen MR) is 134 cm³/mol. The molecular formula is C28H26N2O7. The Labute approximate surface area is 213 Å². The Morgan fingerprint density at radius 1 is 0.973 bits per heavy atom. The number of nitrogens with zero attached hydrogens (tertiary/aromatic N) is 1. The molecule has 0 radical (unpaired) electrons. The second-order valence-electron chi connectivity index (χ2n) is 8.79. The lowest BCUT2D eigenvalue weighted by molar-refractivity contribution is -0.148. The maximum atomic E-state index is 12.7. The number of esters is 1. The number of carbonyl (C=O) groups excluding carboxylic acids is 4. The van der Waals surface area contributed by atoms with Gasteiger partial charge >= 0.3 is 11.9 Å². The van der Waals surface area contributed by atoms with Crippen molar-refractivity contribution in [2.45, 2.75) is 25.3 Å². The lowest BCUT2D eigenvalue weighted by Gasteiger charge is -2.28. The highest BCUT2D eigenvalue weighted by Gasteiger charge is 2.29. The largest absolute Gasteiger partial charge is 0.481 e. The molecular weight excluding hydrogens is 476 g/mol. The van der Waals surface area contributed by atoms with E-state index in [0.29, 0.717) is 18.5 Å². The van der Waals surface area contributed by atoms with Crippen LogP contribution in [-0.4, -0.2) is 65.3 Å². The summed E-state index contributed by atoms with van der Waals surface area (Å²) in [4.78, 5) is 63.0. The van der Waals surface area contributed by atoms with Crippen molar-refractivity contribution in [2.24, 2.45) is 0 Å². The van der Waals surface area contributed by atoms with Crippen LogP contribution in [-0.2, 0) is 36.8 Å². The number of hydrogen-bond donors (Lipinski definition) is 2. The molecule has 0 aliphatic carbocycles. The molecule has 9 heteroatoms. The van der Waals surface area contributed by atoms with E-state index in [9.17, 15) is 29.1 Å². The minimum atomic E-state index is -1.40. The third kappa shape index (κ3) is 6.38. The van der Waals surface area contributed by atoms with Gasteiger partial charge in [0.2, 0.25) is 5.91 Å². The maximum absolute atomic E-state index is 12.7. The van der Waals surface area contributed by atoms with Crippen molar-refractivity contribution >= 4 is 40.3 Å². The van der Waals surface area contributed by atoms with Gasteiger partial charge in [0.25, 0.3) is 5.91 Å². The molecule has 1 atom stereocenters. The van der Waals surface area contributed by atoms with E-state index < -0.39 is 42.7 Å². The molecule has 0 saturated heterocycles. The van der Waals surface area contributed by atoms with E-state index in [-0.39, 0.29) is 18.9 Å². The fourth-order valence-corrected chi connectivity index (χ4v) is 4.36. The molecule has 4 rings (SSSR count). The molecule has 0 fully saturated rings. The number of carbonyl (C=O) groups is 5. The summed E-state index contributed by atoms with van der Waals surface area (Å²) >= 11 is 0. The predicted octanol–water partition coefficient (Wildman–Crippen LogP) is 2.15. The van der Waals surface area contributed by atoms with Gasteiger partial charge in [-0.1, -0.05) is 60.7 Å². The fraction of sp³-hybridized carbons (Fsp3) is 0.250. The molecule has 0 saturated carbocycles. The van der Waals surface area contributed by atoms with E-state index in [1.165, 1.54) is 4.90 Å². The molecule has 3 aromatic carbocycles. The Balaban J connectivity index is 1.33. The Morgan fingerprint density at radius 3 is 2.51 bits per heavy atom. The number of benzene rings is 3. The third-order valence-electron chi connectivity index (χ3n) is 6.21. The summed E-state index contributed by atoms with van der Waals surface area (Å²) < 4.78 is 5.11. The smallest absolute Gasteiger partial charge is 0.310 e. The number of aliphatic carboxylic acids is 1. The zero-order valence-corrected chi connectivity index (χ0v) is 20.0. The summed E-state index contributed by atoms with van der Waals surface area (Å²) in [5.74, 6) is -3.68. The molecule has 1 aliphatic heterocycles. The highest BCUT2D eigenvalue weighted by Crippen LogP contribution is 2.20. The van der Waals surface area contributed by atoms with Crippen molar-refractivity contribution < 1.29 is 33.8 Å². The summed E-state index contributed by atoms with van der Waals surface area (Å²) in [6, 6.07) is 18.8. The van der Waals surface area contributed by atoms with E-state index in [4.69, 9.17) is 4.74 Å². The lowest BCUT2D eigenvalue weighted by atomic mass is 9.99. The molecule has 2 N–H and O–H groups in total. The standard InChI is InChI=1S/C28H26N2O7/c31-24(17-37-27(35)14-20-9-5-8-18-6-1-3-10-21(18)20)23(15-26(33)34)29-25(32)16-30-13-12-19-7-2-4-11-22(19)28(30)36/h1-11,23H,12-17H2,(H,29,32)(H,33,34). The van der Waals surface area contributed by atoms with Crippen LogP contribution in [0.2, 0.25) is 0 Å². The van der Waals surface area contributed by atoms with Gasteiger partial charge in [-0.2, -0.15) is 0 Å². The average molecular weight is 503 g/mol. The first-order chi connectivity index (χ1) is 17.8. The van der Waals surface area contributed by atoms with Crippen LogP contribution in [0.25, 0.3) is 10.8 Å². The summed E-state index contributed by atoms with van der Waals surface area (Å²) in [5, 5.41) is 13.4. The van der Waals surface area contributed by atoms with E-state index in [1.807, 2.05) is 48.5 Å². The molecule has 1 aliphatic rings. The molecule has 37 heavy (non-hydrogen) atoms.